The molecule has 0 unspecified atom stereocenters. The van der Waals surface area contributed by atoms with E-state index in [0.29, 0.717) is 12.8 Å². The quantitative estimate of drug-likeness (QED) is 0.456. The highest BCUT2D eigenvalue weighted by atomic mass is 35.5. The van der Waals surface area contributed by atoms with Crippen LogP contribution in [0.15, 0.2) is 18.2 Å². The van der Waals surface area contributed by atoms with Gasteiger partial charge in [-0.2, -0.15) is 0 Å². The Morgan fingerprint density at radius 1 is 1.35 bits per heavy atom. The summed E-state index contributed by atoms with van der Waals surface area (Å²) in [7, 11) is 0. The van der Waals surface area contributed by atoms with Crippen molar-refractivity contribution in [1.29, 1.82) is 0 Å². The molecule has 1 rings (SSSR count). The summed E-state index contributed by atoms with van der Waals surface area (Å²) in [6.45, 7) is 0.246. The van der Waals surface area contributed by atoms with Crippen LogP contribution in [0.1, 0.15) is 29.6 Å². The van der Waals surface area contributed by atoms with Crippen LogP contribution in [0.4, 0.5) is 5.69 Å². The van der Waals surface area contributed by atoms with Crippen LogP contribution < -0.4 is 5.32 Å². The fourth-order valence-electron chi connectivity index (χ4n) is 1.58. The van der Waals surface area contributed by atoms with E-state index in [9.17, 15) is 19.7 Å². The number of carboxylic acid groups (broad SMARTS) is 1. The summed E-state index contributed by atoms with van der Waals surface area (Å²) in [5, 5.41) is 21.7. The number of nitrogens with one attached hydrogen (secondary N) is 1. The Morgan fingerprint density at radius 3 is 2.65 bits per heavy atom. The molecule has 108 valence electrons. The highest BCUT2D eigenvalue weighted by Crippen LogP contribution is 2.27. The molecule has 0 aliphatic rings. The number of amides is 1. The summed E-state index contributed by atoms with van der Waals surface area (Å²) in [6, 6.07) is 4.11. The normalized spacial score (nSPS) is 10.1. The third-order valence-electron chi connectivity index (χ3n) is 2.52. The number of nitrogens with zero attached hydrogens (tertiary/aromatic N) is 1. The van der Waals surface area contributed by atoms with Crippen molar-refractivity contribution in [3.63, 3.8) is 0 Å². The summed E-state index contributed by atoms with van der Waals surface area (Å²) in [6.07, 6.45) is 0.923. The van der Waals surface area contributed by atoms with Gasteiger partial charge in [0.05, 0.1) is 4.92 Å². The number of carboxylic acids is 1. The molecule has 0 saturated heterocycles. The zero-order chi connectivity index (χ0) is 15.1. The van der Waals surface area contributed by atoms with Crippen LogP contribution in [0.2, 0.25) is 5.02 Å². The van der Waals surface area contributed by atoms with Gasteiger partial charge in [0.1, 0.15) is 10.6 Å². The lowest BCUT2D eigenvalue weighted by Gasteiger charge is -2.06. The van der Waals surface area contributed by atoms with E-state index in [-0.39, 0.29) is 23.6 Å². The molecule has 0 fully saturated rings. The average molecular weight is 301 g/mol. The van der Waals surface area contributed by atoms with Crippen molar-refractivity contribution in [3.05, 3.63) is 38.9 Å². The van der Waals surface area contributed by atoms with Crippen molar-refractivity contribution in [2.45, 2.75) is 19.3 Å². The number of carbonyl (C=O) groups is 2. The van der Waals surface area contributed by atoms with Gasteiger partial charge in [-0.1, -0.05) is 17.7 Å². The molecule has 1 aromatic rings. The number of nitro groups is 1. The molecule has 0 spiro atoms. The number of benzene rings is 1. The van der Waals surface area contributed by atoms with Gasteiger partial charge in [0.2, 0.25) is 0 Å². The zero-order valence-electron chi connectivity index (χ0n) is 10.5. The molecule has 0 bridgehead atoms. The number of aliphatic carboxylic acids is 1. The number of unbranched alkanes of at least 4 members (excludes halogenated alkanes) is 1. The first-order chi connectivity index (χ1) is 9.43. The van der Waals surface area contributed by atoms with E-state index in [1.54, 1.807) is 0 Å². The van der Waals surface area contributed by atoms with E-state index in [1.807, 2.05) is 0 Å². The number of halogens is 1. The van der Waals surface area contributed by atoms with Gasteiger partial charge >= 0.3 is 11.7 Å². The fourth-order valence-corrected chi connectivity index (χ4v) is 1.83. The standard InChI is InChI=1S/C12H13ClN2O5/c13-9-5-3-4-8(11(9)15(19)20)12(18)14-7-2-1-6-10(16)17/h3-5H,1-2,6-7H2,(H,14,18)(H,16,17). The van der Waals surface area contributed by atoms with Gasteiger partial charge in [-0.05, 0) is 25.0 Å². The maximum Gasteiger partial charge on any atom is 0.303 e. The molecule has 7 nitrogen and oxygen atoms in total. The van der Waals surface area contributed by atoms with Crippen LogP contribution >= 0.6 is 11.6 Å². The molecule has 0 radical (unpaired) electrons. The van der Waals surface area contributed by atoms with Gasteiger partial charge < -0.3 is 10.4 Å². The van der Waals surface area contributed by atoms with Crippen LogP contribution in [-0.4, -0.2) is 28.5 Å². The number of nitro benzene ring substituents is 1. The van der Waals surface area contributed by atoms with Crippen LogP contribution in [0.25, 0.3) is 0 Å². The lowest BCUT2D eigenvalue weighted by Crippen LogP contribution is -2.25. The van der Waals surface area contributed by atoms with Crippen molar-refractivity contribution in [1.82, 2.24) is 5.32 Å². The lowest BCUT2D eigenvalue weighted by molar-refractivity contribution is -0.385. The number of carbonyl (C=O) groups excluding carboxylic acids is 1. The molecule has 0 heterocycles. The minimum absolute atomic E-state index is 0.0210. The Bertz CT molecular complexity index is 533. The number of para-hydroxylation sites is 1. The van der Waals surface area contributed by atoms with Gasteiger partial charge in [-0.15, -0.1) is 0 Å². The minimum Gasteiger partial charge on any atom is -0.481 e. The Labute approximate surface area is 119 Å². The minimum atomic E-state index is -0.901. The third kappa shape index (κ3) is 4.51. The first kappa shape index (κ1) is 15.9. The van der Waals surface area contributed by atoms with E-state index in [1.165, 1.54) is 18.2 Å². The molecule has 1 amide bonds. The third-order valence-corrected chi connectivity index (χ3v) is 2.82. The SMILES string of the molecule is O=C(O)CCCCNC(=O)c1cccc(Cl)c1[N+](=O)[O-]. The number of hydrogen-bond donors (Lipinski definition) is 2. The zero-order valence-corrected chi connectivity index (χ0v) is 11.2. The Balaban J connectivity index is 2.62. The van der Waals surface area contributed by atoms with E-state index >= 15 is 0 Å². The topological polar surface area (TPSA) is 110 Å². The van der Waals surface area contributed by atoms with Crippen LogP contribution in [0.3, 0.4) is 0 Å². The van der Waals surface area contributed by atoms with Gasteiger partial charge in [0, 0.05) is 13.0 Å². The highest BCUT2D eigenvalue weighted by molar-refractivity contribution is 6.33. The van der Waals surface area contributed by atoms with Crippen molar-refractivity contribution < 1.29 is 19.6 Å². The van der Waals surface area contributed by atoms with Crippen molar-refractivity contribution >= 4 is 29.2 Å². The van der Waals surface area contributed by atoms with E-state index < -0.39 is 22.5 Å². The van der Waals surface area contributed by atoms with Crippen LogP contribution in [-0.2, 0) is 4.79 Å². The fraction of sp³-hybridized carbons (Fsp3) is 0.333. The predicted octanol–water partition coefficient (Wildman–Crippen LogP) is 2.23. The average Bonchev–Trinajstić information content (AvgIpc) is 2.36. The summed E-state index contributed by atoms with van der Waals surface area (Å²) in [5.41, 5.74) is -0.544. The second-order valence-corrected chi connectivity index (χ2v) is 4.41. The maximum atomic E-state index is 11.8. The molecule has 20 heavy (non-hydrogen) atoms. The van der Waals surface area contributed by atoms with Gasteiger partial charge in [-0.3, -0.25) is 19.7 Å². The monoisotopic (exact) mass is 300 g/mol. The maximum absolute atomic E-state index is 11.8. The van der Waals surface area contributed by atoms with Gasteiger partial charge in [0.25, 0.3) is 5.91 Å². The molecule has 0 aromatic heterocycles. The summed E-state index contributed by atoms with van der Waals surface area (Å²) >= 11 is 5.70. The summed E-state index contributed by atoms with van der Waals surface area (Å²) in [5.74, 6) is -1.50. The molecule has 0 atom stereocenters. The highest BCUT2D eigenvalue weighted by Gasteiger charge is 2.23. The Kier molecular flexibility index (Phi) is 5.92. The first-order valence-corrected chi connectivity index (χ1v) is 6.24. The molecular formula is C12H13ClN2O5. The molecule has 1 aromatic carbocycles. The van der Waals surface area contributed by atoms with Crippen LogP contribution in [0, 0.1) is 10.1 Å². The molecule has 0 aliphatic carbocycles. The van der Waals surface area contributed by atoms with E-state index in [2.05, 4.69) is 5.32 Å². The Morgan fingerprint density at radius 2 is 2.05 bits per heavy atom. The predicted molar refractivity (Wildman–Crippen MR) is 71.9 cm³/mol. The summed E-state index contributed by atoms with van der Waals surface area (Å²) < 4.78 is 0. The Hall–Kier alpha value is -2.15. The number of hydrogen-bond acceptors (Lipinski definition) is 4. The first-order valence-electron chi connectivity index (χ1n) is 5.86. The summed E-state index contributed by atoms with van der Waals surface area (Å²) in [4.78, 5) is 32.3. The second-order valence-electron chi connectivity index (χ2n) is 4.00. The molecular weight excluding hydrogens is 288 g/mol. The van der Waals surface area contributed by atoms with Gasteiger partial charge in [0.15, 0.2) is 0 Å². The van der Waals surface area contributed by atoms with Crippen molar-refractivity contribution in [3.8, 4) is 0 Å². The molecule has 2 N–H and O–H groups in total. The number of rotatable bonds is 7. The smallest absolute Gasteiger partial charge is 0.303 e. The van der Waals surface area contributed by atoms with Crippen molar-refractivity contribution in [2.75, 3.05) is 6.54 Å². The second kappa shape index (κ2) is 7.44. The van der Waals surface area contributed by atoms with Gasteiger partial charge in [-0.25, -0.2) is 0 Å². The molecule has 0 saturated carbocycles. The molecule has 0 aliphatic heterocycles. The van der Waals surface area contributed by atoms with E-state index in [0.717, 1.165) is 0 Å². The van der Waals surface area contributed by atoms with E-state index in [4.69, 9.17) is 16.7 Å². The van der Waals surface area contributed by atoms with Crippen LogP contribution in [0.5, 0.6) is 0 Å². The largest absolute Gasteiger partial charge is 0.481 e. The molecule has 8 heteroatoms. The van der Waals surface area contributed by atoms with Crippen molar-refractivity contribution in [2.24, 2.45) is 0 Å². The lowest BCUT2D eigenvalue weighted by atomic mass is 10.1.